The van der Waals surface area contributed by atoms with E-state index in [0.29, 0.717) is 30.5 Å². The molecule has 6 heteroatoms. The third-order valence-electron chi connectivity index (χ3n) is 3.19. The van der Waals surface area contributed by atoms with Gasteiger partial charge in [-0.25, -0.2) is 9.97 Å². The maximum Gasteiger partial charge on any atom is 0.271 e. The summed E-state index contributed by atoms with van der Waals surface area (Å²) in [6, 6.07) is 7.77. The average Bonchev–Trinajstić information content (AvgIpc) is 2.58. The van der Waals surface area contributed by atoms with Gasteiger partial charge in [-0.15, -0.1) is 0 Å². The van der Waals surface area contributed by atoms with Gasteiger partial charge < -0.3 is 15.4 Å². The first-order valence-corrected chi connectivity index (χ1v) is 7.55. The van der Waals surface area contributed by atoms with E-state index < -0.39 is 0 Å². The van der Waals surface area contributed by atoms with Crippen LogP contribution in [0.5, 0.6) is 5.75 Å². The summed E-state index contributed by atoms with van der Waals surface area (Å²) < 4.78 is 5.12. The van der Waals surface area contributed by atoms with Crippen molar-refractivity contribution in [1.29, 1.82) is 0 Å². The van der Waals surface area contributed by atoms with Crippen molar-refractivity contribution >= 4 is 11.7 Å². The maximum absolute atomic E-state index is 11.9. The normalized spacial score (nSPS) is 10.4. The summed E-state index contributed by atoms with van der Waals surface area (Å²) in [6.45, 7) is 5.33. The van der Waals surface area contributed by atoms with Gasteiger partial charge in [0.25, 0.3) is 5.91 Å². The lowest BCUT2D eigenvalue weighted by atomic mass is 10.2. The predicted molar refractivity (Wildman–Crippen MR) is 89.5 cm³/mol. The zero-order chi connectivity index (χ0) is 16.7. The van der Waals surface area contributed by atoms with E-state index in [0.717, 1.165) is 11.3 Å². The summed E-state index contributed by atoms with van der Waals surface area (Å²) >= 11 is 0. The van der Waals surface area contributed by atoms with Gasteiger partial charge in [0.2, 0.25) is 0 Å². The Labute approximate surface area is 136 Å². The fraction of sp³-hybridized carbons (Fsp3) is 0.353. The second-order valence-corrected chi connectivity index (χ2v) is 5.59. The summed E-state index contributed by atoms with van der Waals surface area (Å²) in [5.74, 6) is 1.65. The highest BCUT2D eigenvalue weighted by Gasteiger charge is 2.08. The molecule has 0 bridgehead atoms. The van der Waals surface area contributed by atoms with Crippen molar-refractivity contribution < 1.29 is 9.53 Å². The molecule has 0 unspecified atom stereocenters. The minimum atomic E-state index is -0.201. The molecule has 0 aliphatic heterocycles. The molecular formula is C17H22N4O2. The lowest BCUT2D eigenvalue weighted by Crippen LogP contribution is -2.28. The fourth-order valence-electron chi connectivity index (χ4n) is 1.86. The molecule has 2 rings (SSSR count). The molecule has 0 radical (unpaired) electrons. The van der Waals surface area contributed by atoms with Gasteiger partial charge >= 0.3 is 0 Å². The Morgan fingerprint density at radius 2 is 1.91 bits per heavy atom. The molecule has 1 aromatic carbocycles. The lowest BCUT2D eigenvalue weighted by molar-refractivity contribution is 0.0943. The Bertz CT molecular complexity index is 624. The van der Waals surface area contributed by atoms with Crippen molar-refractivity contribution in [3.63, 3.8) is 0 Å². The first kappa shape index (κ1) is 16.7. The van der Waals surface area contributed by atoms with Crippen LogP contribution in [0.4, 0.5) is 5.82 Å². The van der Waals surface area contributed by atoms with Gasteiger partial charge in [0.1, 0.15) is 17.3 Å². The van der Waals surface area contributed by atoms with E-state index in [-0.39, 0.29) is 5.91 Å². The van der Waals surface area contributed by atoms with Gasteiger partial charge in [0, 0.05) is 13.1 Å². The van der Waals surface area contributed by atoms with Gasteiger partial charge in [0.15, 0.2) is 0 Å². The van der Waals surface area contributed by atoms with Crippen molar-refractivity contribution in [2.75, 3.05) is 19.0 Å². The van der Waals surface area contributed by atoms with Crippen LogP contribution < -0.4 is 15.4 Å². The molecule has 2 aromatic rings. The zero-order valence-corrected chi connectivity index (χ0v) is 13.7. The molecule has 0 atom stereocenters. The van der Waals surface area contributed by atoms with Gasteiger partial charge in [0.05, 0.1) is 19.5 Å². The molecule has 23 heavy (non-hydrogen) atoms. The molecule has 0 saturated heterocycles. The number of methoxy groups -OCH3 is 1. The largest absolute Gasteiger partial charge is 0.497 e. The number of carbonyl (C=O) groups is 1. The number of amides is 1. The summed E-state index contributed by atoms with van der Waals surface area (Å²) in [4.78, 5) is 20.2. The van der Waals surface area contributed by atoms with Crippen LogP contribution in [-0.2, 0) is 6.54 Å². The van der Waals surface area contributed by atoms with Gasteiger partial charge in [-0.1, -0.05) is 26.0 Å². The summed E-state index contributed by atoms with van der Waals surface area (Å²) in [6.07, 6.45) is 3.04. The smallest absolute Gasteiger partial charge is 0.271 e. The van der Waals surface area contributed by atoms with E-state index in [1.165, 1.54) is 6.20 Å². The third kappa shape index (κ3) is 5.25. The third-order valence-corrected chi connectivity index (χ3v) is 3.19. The van der Waals surface area contributed by atoms with Crippen molar-refractivity contribution in [2.45, 2.75) is 20.4 Å². The van der Waals surface area contributed by atoms with Crippen LogP contribution in [0.2, 0.25) is 0 Å². The number of ether oxygens (including phenoxy) is 1. The monoisotopic (exact) mass is 314 g/mol. The Morgan fingerprint density at radius 3 is 2.48 bits per heavy atom. The molecule has 0 aliphatic rings. The average molecular weight is 314 g/mol. The lowest BCUT2D eigenvalue weighted by Gasteiger charge is -2.08. The van der Waals surface area contributed by atoms with Crippen molar-refractivity contribution in [1.82, 2.24) is 15.3 Å². The van der Waals surface area contributed by atoms with Crippen LogP contribution in [0.3, 0.4) is 0 Å². The van der Waals surface area contributed by atoms with Crippen LogP contribution in [0.15, 0.2) is 36.7 Å². The summed E-state index contributed by atoms with van der Waals surface area (Å²) in [5, 5.41) is 5.98. The molecule has 1 amide bonds. The van der Waals surface area contributed by atoms with E-state index in [2.05, 4.69) is 20.6 Å². The van der Waals surface area contributed by atoms with E-state index in [1.54, 1.807) is 13.3 Å². The van der Waals surface area contributed by atoms with Crippen LogP contribution in [-0.4, -0.2) is 29.5 Å². The molecular weight excluding hydrogens is 292 g/mol. The molecule has 0 spiro atoms. The topological polar surface area (TPSA) is 76.1 Å². The SMILES string of the molecule is COc1ccc(CNc2cnc(C(=O)NCC(C)C)cn2)cc1. The molecule has 1 aromatic heterocycles. The van der Waals surface area contributed by atoms with E-state index in [9.17, 15) is 4.79 Å². The van der Waals surface area contributed by atoms with Crippen molar-refractivity contribution in [2.24, 2.45) is 5.92 Å². The first-order chi connectivity index (χ1) is 11.1. The van der Waals surface area contributed by atoms with Crippen LogP contribution in [0, 0.1) is 5.92 Å². The number of carbonyl (C=O) groups excluding carboxylic acids is 1. The summed E-state index contributed by atoms with van der Waals surface area (Å²) in [5.41, 5.74) is 1.42. The number of nitrogens with one attached hydrogen (secondary N) is 2. The Hall–Kier alpha value is -2.63. The van der Waals surface area contributed by atoms with Crippen LogP contribution in [0.1, 0.15) is 29.9 Å². The minimum absolute atomic E-state index is 0.201. The highest BCUT2D eigenvalue weighted by Crippen LogP contribution is 2.12. The number of hydrogen-bond donors (Lipinski definition) is 2. The highest BCUT2D eigenvalue weighted by molar-refractivity contribution is 5.91. The highest BCUT2D eigenvalue weighted by atomic mass is 16.5. The van der Waals surface area contributed by atoms with E-state index in [4.69, 9.17) is 4.74 Å². The Kier molecular flexibility index (Phi) is 5.91. The van der Waals surface area contributed by atoms with Gasteiger partial charge in [-0.3, -0.25) is 4.79 Å². The van der Waals surface area contributed by atoms with E-state index in [1.807, 2.05) is 38.1 Å². The van der Waals surface area contributed by atoms with Gasteiger partial charge in [-0.05, 0) is 23.6 Å². The molecule has 122 valence electrons. The number of hydrogen-bond acceptors (Lipinski definition) is 5. The van der Waals surface area contributed by atoms with Crippen LogP contribution in [0.25, 0.3) is 0 Å². The standard InChI is InChI=1S/C17H22N4O2/c1-12(2)8-21-17(22)15-10-20-16(11-18-15)19-9-13-4-6-14(23-3)7-5-13/h4-7,10-12H,8-9H2,1-3H3,(H,19,20)(H,21,22). The fourth-order valence-corrected chi connectivity index (χ4v) is 1.86. The molecule has 2 N–H and O–H groups in total. The van der Waals surface area contributed by atoms with Crippen molar-refractivity contribution in [3.8, 4) is 5.75 Å². The van der Waals surface area contributed by atoms with Gasteiger partial charge in [-0.2, -0.15) is 0 Å². The second-order valence-electron chi connectivity index (χ2n) is 5.59. The molecule has 0 saturated carbocycles. The molecule has 6 nitrogen and oxygen atoms in total. The number of benzene rings is 1. The second kappa shape index (κ2) is 8.12. The Morgan fingerprint density at radius 1 is 1.17 bits per heavy atom. The number of anilines is 1. The van der Waals surface area contributed by atoms with Crippen molar-refractivity contribution in [3.05, 3.63) is 47.9 Å². The summed E-state index contributed by atoms with van der Waals surface area (Å²) in [7, 11) is 1.64. The molecule has 1 heterocycles. The first-order valence-electron chi connectivity index (χ1n) is 7.55. The van der Waals surface area contributed by atoms with Crippen LogP contribution >= 0.6 is 0 Å². The molecule has 0 fully saturated rings. The maximum atomic E-state index is 11.9. The quantitative estimate of drug-likeness (QED) is 0.821. The minimum Gasteiger partial charge on any atom is -0.497 e. The Balaban J connectivity index is 1.87. The number of rotatable bonds is 7. The predicted octanol–water partition coefficient (Wildman–Crippen LogP) is 2.48. The number of nitrogens with zero attached hydrogens (tertiary/aromatic N) is 2. The molecule has 0 aliphatic carbocycles. The van der Waals surface area contributed by atoms with E-state index >= 15 is 0 Å². The zero-order valence-electron chi connectivity index (χ0n) is 13.7. The number of aromatic nitrogens is 2.